The van der Waals surface area contributed by atoms with Crippen LogP contribution >= 0.6 is 11.6 Å². The van der Waals surface area contributed by atoms with E-state index in [1.54, 1.807) is 24.3 Å². The van der Waals surface area contributed by atoms with Crippen LogP contribution in [0.1, 0.15) is 30.5 Å². The number of nitrogens with one attached hydrogen (secondary N) is 1. The number of aryl methyl sites for hydroxylation is 1. The minimum Gasteiger partial charge on any atom is -0.495 e. The van der Waals surface area contributed by atoms with Crippen LogP contribution in [0.3, 0.4) is 0 Å². The third kappa shape index (κ3) is 8.65. The van der Waals surface area contributed by atoms with Gasteiger partial charge in [-0.25, -0.2) is 8.42 Å². The zero-order chi connectivity index (χ0) is 32.6. The first-order valence-corrected chi connectivity index (χ1v) is 16.4. The van der Waals surface area contributed by atoms with E-state index in [-0.39, 0.29) is 46.3 Å². The van der Waals surface area contributed by atoms with Gasteiger partial charge < -0.3 is 15.0 Å². The second-order valence-electron chi connectivity index (χ2n) is 11.0. The number of carbonyl (C=O) groups is 2. The SMILES string of the molecule is COc1ccc(Cl)cc1N(CC(=O)N(Cc1ccccc1)[C@@H](Cc1ccccc1)C(=O)NC(C)C)S(=O)(=O)c1ccc(C)cc1. The fourth-order valence-electron chi connectivity index (χ4n) is 4.92. The number of hydrogen-bond acceptors (Lipinski definition) is 5. The molecule has 0 aliphatic carbocycles. The van der Waals surface area contributed by atoms with Crippen LogP contribution < -0.4 is 14.4 Å². The highest BCUT2D eigenvalue weighted by Gasteiger charge is 2.35. The molecular weight excluding hydrogens is 610 g/mol. The normalized spacial score (nSPS) is 12.0. The van der Waals surface area contributed by atoms with Crippen LogP contribution in [0.5, 0.6) is 5.75 Å². The number of benzene rings is 4. The molecule has 0 bridgehead atoms. The predicted octanol–water partition coefficient (Wildman–Crippen LogP) is 6.02. The fraction of sp³-hybridized carbons (Fsp3) is 0.257. The number of anilines is 1. The fourth-order valence-corrected chi connectivity index (χ4v) is 6.51. The van der Waals surface area contributed by atoms with Crippen molar-refractivity contribution in [3.63, 3.8) is 0 Å². The van der Waals surface area contributed by atoms with Crippen LogP contribution in [0.2, 0.25) is 5.02 Å². The van der Waals surface area contributed by atoms with E-state index < -0.39 is 28.5 Å². The molecule has 4 aromatic carbocycles. The van der Waals surface area contributed by atoms with Crippen molar-refractivity contribution in [1.82, 2.24) is 10.2 Å². The molecule has 0 unspecified atom stereocenters. The van der Waals surface area contributed by atoms with E-state index in [1.165, 1.54) is 30.2 Å². The van der Waals surface area contributed by atoms with Gasteiger partial charge in [0.15, 0.2) is 0 Å². The Bertz CT molecular complexity index is 1700. The summed E-state index contributed by atoms with van der Waals surface area (Å²) in [6.07, 6.45) is 0.225. The lowest BCUT2D eigenvalue weighted by molar-refractivity contribution is -0.140. The van der Waals surface area contributed by atoms with Gasteiger partial charge in [0, 0.05) is 24.0 Å². The van der Waals surface area contributed by atoms with Gasteiger partial charge >= 0.3 is 0 Å². The molecule has 0 saturated carbocycles. The van der Waals surface area contributed by atoms with E-state index >= 15 is 0 Å². The average Bonchev–Trinajstić information content (AvgIpc) is 3.02. The van der Waals surface area contributed by atoms with Crippen LogP contribution in [0, 0.1) is 6.92 Å². The van der Waals surface area contributed by atoms with Crippen molar-refractivity contribution < 1.29 is 22.7 Å². The monoisotopic (exact) mass is 647 g/mol. The summed E-state index contributed by atoms with van der Waals surface area (Å²) in [5, 5.41) is 3.22. The second kappa shape index (κ2) is 15.1. The van der Waals surface area contributed by atoms with Gasteiger partial charge in [-0.2, -0.15) is 0 Å². The summed E-state index contributed by atoms with van der Waals surface area (Å²) in [6, 6.07) is 28.5. The maximum absolute atomic E-state index is 14.5. The highest BCUT2D eigenvalue weighted by atomic mass is 35.5. The Hall–Kier alpha value is -4.34. The van der Waals surface area contributed by atoms with Gasteiger partial charge in [-0.05, 0) is 62.2 Å². The summed E-state index contributed by atoms with van der Waals surface area (Å²) < 4.78 is 35.0. The van der Waals surface area contributed by atoms with Crippen molar-refractivity contribution in [1.29, 1.82) is 0 Å². The standard InChI is InChI=1S/C35H38ClN3O5S/c1-25(2)37-35(41)32(21-27-11-7-5-8-12-27)38(23-28-13-9-6-10-14-28)34(40)24-39(31-22-29(36)17-20-33(31)44-4)45(42,43)30-18-15-26(3)16-19-30/h5-20,22,25,32H,21,23-24H2,1-4H3,(H,37,41)/t32-/m0/s1. The Morgan fingerprint density at radius 3 is 2.04 bits per heavy atom. The number of hydrogen-bond donors (Lipinski definition) is 1. The van der Waals surface area contributed by atoms with E-state index in [0.717, 1.165) is 21.0 Å². The van der Waals surface area contributed by atoms with Crippen LogP contribution in [-0.2, 0) is 32.6 Å². The molecule has 1 atom stereocenters. The highest BCUT2D eigenvalue weighted by molar-refractivity contribution is 7.92. The van der Waals surface area contributed by atoms with Gasteiger partial charge in [0.05, 0.1) is 17.7 Å². The number of rotatable bonds is 13. The molecular formula is C35H38ClN3O5S. The van der Waals surface area contributed by atoms with Crippen molar-refractivity contribution >= 4 is 39.1 Å². The van der Waals surface area contributed by atoms with Crippen molar-refractivity contribution in [2.24, 2.45) is 0 Å². The maximum atomic E-state index is 14.5. The molecule has 0 aliphatic rings. The molecule has 0 aromatic heterocycles. The number of methoxy groups -OCH3 is 1. The summed E-state index contributed by atoms with van der Waals surface area (Å²) in [4.78, 5) is 29.8. The molecule has 0 radical (unpaired) electrons. The first kappa shape index (κ1) is 33.6. The molecule has 1 N–H and O–H groups in total. The lowest BCUT2D eigenvalue weighted by atomic mass is 10.0. The van der Waals surface area contributed by atoms with Gasteiger partial charge in [-0.1, -0.05) is 90.0 Å². The molecule has 0 fully saturated rings. The van der Waals surface area contributed by atoms with Crippen molar-refractivity contribution in [2.75, 3.05) is 18.0 Å². The number of sulfonamides is 1. The molecule has 4 aromatic rings. The summed E-state index contributed by atoms with van der Waals surface area (Å²) in [6.45, 7) is 5.02. The van der Waals surface area contributed by atoms with Gasteiger partial charge in [-0.15, -0.1) is 0 Å². The Balaban J connectivity index is 1.84. The largest absolute Gasteiger partial charge is 0.495 e. The molecule has 45 heavy (non-hydrogen) atoms. The van der Waals surface area contributed by atoms with Gasteiger partial charge in [0.25, 0.3) is 10.0 Å². The highest BCUT2D eigenvalue weighted by Crippen LogP contribution is 2.35. The molecule has 0 aliphatic heterocycles. The van der Waals surface area contributed by atoms with Gasteiger partial charge in [-0.3, -0.25) is 13.9 Å². The maximum Gasteiger partial charge on any atom is 0.264 e. The molecule has 0 heterocycles. The van der Waals surface area contributed by atoms with Crippen LogP contribution in [0.4, 0.5) is 5.69 Å². The molecule has 4 rings (SSSR count). The Kier molecular flexibility index (Phi) is 11.3. The van der Waals surface area contributed by atoms with Crippen molar-refractivity contribution in [2.45, 2.75) is 50.7 Å². The topological polar surface area (TPSA) is 96.0 Å². The minimum atomic E-state index is -4.30. The first-order valence-electron chi connectivity index (χ1n) is 14.6. The number of ether oxygens (including phenoxy) is 1. The van der Waals surface area contributed by atoms with Gasteiger partial charge in [0.2, 0.25) is 11.8 Å². The molecule has 0 saturated heterocycles. The zero-order valence-corrected chi connectivity index (χ0v) is 27.4. The summed E-state index contributed by atoms with van der Waals surface area (Å²) >= 11 is 6.35. The van der Waals surface area contributed by atoms with Gasteiger partial charge in [0.1, 0.15) is 18.3 Å². The Morgan fingerprint density at radius 1 is 0.867 bits per heavy atom. The zero-order valence-electron chi connectivity index (χ0n) is 25.8. The first-order chi connectivity index (χ1) is 21.5. The Labute approximate surface area is 270 Å². The lowest BCUT2D eigenvalue weighted by Crippen LogP contribution is -2.54. The third-order valence-corrected chi connectivity index (χ3v) is 9.20. The van der Waals surface area contributed by atoms with Crippen LogP contribution in [0.15, 0.2) is 108 Å². The van der Waals surface area contributed by atoms with Crippen molar-refractivity contribution in [3.05, 3.63) is 125 Å². The smallest absolute Gasteiger partial charge is 0.264 e. The van der Waals surface area contributed by atoms with E-state index in [9.17, 15) is 18.0 Å². The lowest BCUT2D eigenvalue weighted by Gasteiger charge is -2.34. The number of amides is 2. The third-order valence-electron chi connectivity index (χ3n) is 7.20. The minimum absolute atomic E-state index is 0.00377. The Morgan fingerprint density at radius 2 is 1.47 bits per heavy atom. The van der Waals surface area contributed by atoms with Crippen LogP contribution in [0.25, 0.3) is 0 Å². The quantitative estimate of drug-likeness (QED) is 0.192. The molecule has 10 heteroatoms. The average molecular weight is 648 g/mol. The number of carbonyl (C=O) groups excluding carboxylic acids is 2. The van der Waals surface area contributed by atoms with E-state index in [1.807, 2.05) is 81.4 Å². The van der Waals surface area contributed by atoms with E-state index in [2.05, 4.69) is 5.32 Å². The number of halogens is 1. The second-order valence-corrected chi connectivity index (χ2v) is 13.3. The molecule has 2 amide bonds. The van der Waals surface area contributed by atoms with E-state index in [4.69, 9.17) is 16.3 Å². The summed E-state index contributed by atoms with van der Waals surface area (Å²) in [7, 11) is -2.88. The molecule has 0 spiro atoms. The predicted molar refractivity (Wildman–Crippen MR) is 178 cm³/mol. The molecule has 236 valence electrons. The van der Waals surface area contributed by atoms with Crippen LogP contribution in [-0.4, -0.2) is 50.9 Å². The summed E-state index contributed by atoms with van der Waals surface area (Å²) in [5.41, 5.74) is 2.62. The van der Waals surface area contributed by atoms with E-state index in [0.29, 0.717) is 0 Å². The van der Waals surface area contributed by atoms with Crippen molar-refractivity contribution in [3.8, 4) is 5.75 Å². The molecule has 8 nitrogen and oxygen atoms in total. The number of nitrogens with zero attached hydrogens (tertiary/aromatic N) is 2. The summed E-state index contributed by atoms with van der Waals surface area (Å²) in [5.74, 6) is -0.696.